The molecule has 1 heterocycles. The van der Waals surface area contributed by atoms with Gasteiger partial charge in [-0.05, 0) is 43.7 Å². The number of para-hydroxylation sites is 1. The highest BCUT2D eigenvalue weighted by Crippen LogP contribution is 2.21. The number of hydrogen-bond acceptors (Lipinski definition) is 2. The minimum absolute atomic E-state index is 0.106. The molecule has 27 heavy (non-hydrogen) atoms. The molecule has 1 aromatic heterocycles. The Balaban J connectivity index is 1.98. The fourth-order valence-electron chi connectivity index (χ4n) is 2.96. The Morgan fingerprint density at radius 3 is 2.37 bits per heavy atom. The second kappa shape index (κ2) is 7.99. The Labute approximate surface area is 167 Å². The quantitative estimate of drug-likeness (QED) is 0.664. The highest BCUT2D eigenvalue weighted by atomic mass is 35.5. The SMILES string of the molecule is Cc1cc(=O)c(C(=O)Nc2ccccc2Cl)c(C)n1Cc1ccc(Cl)cc1. The van der Waals surface area contributed by atoms with Gasteiger partial charge in [0.25, 0.3) is 5.91 Å². The number of nitrogens with one attached hydrogen (secondary N) is 1. The van der Waals surface area contributed by atoms with Crippen LogP contribution in [0.4, 0.5) is 5.69 Å². The molecule has 3 aromatic rings. The van der Waals surface area contributed by atoms with Crippen LogP contribution in [0, 0.1) is 13.8 Å². The number of aryl methyl sites for hydroxylation is 1. The molecule has 0 fully saturated rings. The van der Waals surface area contributed by atoms with Gasteiger partial charge in [0.1, 0.15) is 5.56 Å². The molecule has 2 aromatic carbocycles. The molecule has 0 aliphatic rings. The van der Waals surface area contributed by atoms with Crippen LogP contribution in [0.2, 0.25) is 10.0 Å². The molecule has 6 heteroatoms. The number of amides is 1. The van der Waals surface area contributed by atoms with E-state index in [1.54, 1.807) is 31.2 Å². The molecule has 0 saturated heterocycles. The molecule has 0 unspecified atom stereocenters. The fourth-order valence-corrected chi connectivity index (χ4v) is 3.27. The molecule has 1 amide bonds. The first kappa shape index (κ1) is 19.2. The number of hydrogen-bond donors (Lipinski definition) is 1. The van der Waals surface area contributed by atoms with Crippen molar-refractivity contribution in [2.24, 2.45) is 0 Å². The molecule has 1 N–H and O–H groups in total. The third-order valence-corrected chi connectivity index (χ3v) is 4.96. The minimum Gasteiger partial charge on any atom is -0.344 e. The second-order valence-corrected chi connectivity index (χ2v) is 7.10. The van der Waals surface area contributed by atoms with Crippen molar-refractivity contribution in [3.8, 4) is 0 Å². The zero-order valence-electron chi connectivity index (χ0n) is 14.9. The zero-order valence-corrected chi connectivity index (χ0v) is 16.4. The third-order valence-electron chi connectivity index (χ3n) is 4.38. The number of pyridine rings is 1. The lowest BCUT2D eigenvalue weighted by atomic mass is 10.1. The summed E-state index contributed by atoms with van der Waals surface area (Å²) in [6.07, 6.45) is 0. The van der Waals surface area contributed by atoms with E-state index in [0.717, 1.165) is 11.3 Å². The molecule has 0 atom stereocenters. The monoisotopic (exact) mass is 400 g/mol. The molecular weight excluding hydrogens is 383 g/mol. The van der Waals surface area contributed by atoms with E-state index in [0.29, 0.717) is 28.0 Å². The molecule has 138 valence electrons. The van der Waals surface area contributed by atoms with Crippen LogP contribution in [0.25, 0.3) is 0 Å². The molecule has 0 aliphatic heterocycles. The maximum atomic E-state index is 12.8. The van der Waals surface area contributed by atoms with Crippen LogP contribution in [-0.2, 0) is 6.54 Å². The summed E-state index contributed by atoms with van der Waals surface area (Å²) in [5.41, 5.74) is 2.65. The van der Waals surface area contributed by atoms with Crippen molar-refractivity contribution >= 4 is 34.8 Å². The van der Waals surface area contributed by atoms with E-state index < -0.39 is 5.91 Å². The lowest BCUT2D eigenvalue weighted by Gasteiger charge is -2.18. The van der Waals surface area contributed by atoms with Gasteiger partial charge in [-0.15, -0.1) is 0 Å². The number of halogens is 2. The van der Waals surface area contributed by atoms with Crippen LogP contribution in [0.3, 0.4) is 0 Å². The van der Waals surface area contributed by atoms with E-state index in [4.69, 9.17) is 23.2 Å². The van der Waals surface area contributed by atoms with Crippen LogP contribution in [0.5, 0.6) is 0 Å². The molecule has 0 spiro atoms. The van der Waals surface area contributed by atoms with Gasteiger partial charge < -0.3 is 9.88 Å². The Hall–Kier alpha value is -2.56. The lowest BCUT2D eigenvalue weighted by Crippen LogP contribution is -2.27. The Bertz CT molecular complexity index is 1060. The van der Waals surface area contributed by atoms with E-state index in [1.165, 1.54) is 6.07 Å². The standard InChI is InChI=1S/C21H18Cl2N2O2/c1-13-11-19(26)20(21(27)24-18-6-4-3-5-17(18)23)14(2)25(13)12-15-7-9-16(22)10-8-15/h3-11H,12H2,1-2H3,(H,24,27). The summed E-state index contributed by atoms with van der Waals surface area (Å²) >= 11 is 12.0. The average molecular weight is 401 g/mol. The maximum Gasteiger partial charge on any atom is 0.261 e. The molecular formula is C21H18Cl2N2O2. The Morgan fingerprint density at radius 1 is 1.04 bits per heavy atom. The van der Waals surface area contributed by atoms with Crippen molar-refractivity contribution in [1.29, 1.82) is 0 Å². The topological polar surface area (TPSA) is 51.1 Å². The Kier molecular flexibility index (Phi) is 5.68. The average Bonchev–Trinajstić information content (AvgIpc) is 2.62. The number of carbonyl (C=O) groups is 1. The summed E-state index contributed by atoms with van der Waals surface area (Å²) in [5.74, 6) is -0.476. The first-order chi connectivity index (χ1) is 12.9. The molecule has 0 aliphatic carbocycles. The number of carbonyl (C=O) groups excluding carboxylic acids is 1. The zero-order chi connectivity index (χ0) is 19.6. The van der Waals surface area contributed by atoms with Gasteiger partial charge in [-0.3, -0.25) is 9.59 Å². The van der Waals surface area contributed by atoms with E-state index in [1.807, 2.05) is 35.8 Å². The van der Waals surface area contributed by atoms with Gasteiger partial charge in [-0.1, -0.05) is 47.5 Å². The van der Waals surface area contributed by atoms with Crippen molar-refractivity contribution in [1.82, 2.24) is 4.57 Å². The van der Waals surface area contributed by atoms with Gasteiger partial charge in [0.05, 0.1) is 10.7 Å². The van der Waals surface area contributed by atoms with Crippen molar-refractivity contribution in [3.05, 3.63) is 97.4 Å². The van der Waals surface area contributed by atoms with Gasteiger partial charge in [-0.25, -0.2) is 0 Å². The first-order valence-corrected chi connectivity index (χ1v) is 9.14. The number of rotatable bonds is 4. The summed E-state index contributed by atoms with van der Waals surface area (Å²) in [7, 11) is 0. The van der Waals surface area contributed by atoms with Gasteiger partial charge in [0, 0.05) is 29.0 Å². The van der Waals surface area contributed by atoms with Crippen molar-refractivity contribution < 1.29 is 4.79 Å². The lowest BCUT2D eigenvalue weighted by molar-refractivity contribution is 0.102. The van der Waals surface area contributed by atoms with Gasteiger partial charge in [-0.2, -0.15) is 0 Å². The van der Waals surface area contributed by atoms with Gasteiger partial charge >= 0.3 is 0 Å². The van der Waals surface area contributed by atoms with Crippen molar-refractivity contribution in [2.75, 3.05) is 5.32 Å². The largest absolute Gasteiger partial charge is 0.344 e. The van der Waals surface area contributed by atoms with Crippen molar-refractivity contribution in [3.63, 3.8) is 0 Å². The second-order valence-electron chi connectivity index (χ2n) is 6.26. The first-order valence-electron chi connectivity index (χ1n) is 8.38. The number of benzene rings is 2. The summed E-state index contributed by atoms with van der Waals surface area (Å²) < 4.78 is 1.94. The smallest absolute Gasteiger partial charge is 0.261 e. The molecule has 0 radical (unpaired) electrons. The summed E-state index contributed by atoms with van der Waals surface area (Å²) in [6, 6.07) is 15.9. The van der Waals surface area contributed by atoms with Crippen LogP contribution < -0.4 is 10.7 Å². The molecule has 0 bridgehead atoms. The van der Waals surface area contributed by atoms with E-state index in [-0.39, 0.29) is 11.0 Å². The minimum atomic E-state index is -0.476. The highest BCUT2D eigenvalue weighted by molar-refractivity contribution is 6.33. The number of aromatic nitrogens is 1. The predicted octanol–water partition coefficient (Wildman–Crippen LogP) is 5.07. The predicted molar refractivity (Wildman–Crippen MR) is 110 cm³/mol. The van der Waals surface area contributed by atoms with Crippen molar-refractivity contribution in [2.45, 2.75) is 20.4 Å². The number of anilines is 1. The highest BCUT2D eigenvalue weighted by Gasteiger charge is 2.18. The Morgan fingerprint density at radius 2 is 1.70 bits per heavy atom. The van der Waals surface area contributed by atoms with Crippen LogP contribution in [-0.4, -0.2) is 10.5 Å². The normalized spacial score (nSPS) is 10.7. The molecule has 0 saturated carbocycles. The summed E-state index contributed by atoms with van der Waals surface area (Å²) in [6.45, 7) is 4.15. The number of nitrogens with zero attached hydrogens (tertiary/aromatic N) is 1. The molecule has 4 nitrogen and oxygen atoms in total. The summed E-state index contributed by atoms with van der Waals surface area (Å²) in [4.78, 5) is 25.3. The van der Waals surface area contributed by atoms with Crippen LogP contribution in [0.1, 0.15) is 27.3 Å². The van der Waals surface area contributed by atoms with Gasteiger partial charge in [0.15, 0.2) is 5.43 Å². The van der Waals surface area contributed by atoms with E-state index >= 15 is 0 Å². The fraction of sp³-hybridized carbons (Fsp3) is 0.143. The van der Waals surface area contributed by atoms with E-state index in [2.05, 4.69) is 5.32 Å². The maximum absolute atomic E-state index is 12.8. The van der Waals surface area contributed by atoms with E-state index in [9.17, 15) is 9.59 Å². The van der Waals surface area contributed by atoms with Crippen LogP contribution in [0.15, 0.2) is 59.4 Å². The van der Waals surface area contributed by atoms with Gasteiger partial charge in [0.2, 0.25) is 0 Å². The molecule has 3 rings (SSSR count). The van der Waals surface area contributed by atoms with Crippen LogP contribution >= 0.6 is 23.2 Å². The third kappa shape index (κ3) is 4.24. The summed E-state index contributed by atoms with van der Waals surface area (Å²) in [5, 5.41) is 3.80.